The molecule has 0 spiro atoms. The van der Waals surface area contributed by atoms with Crippen LogP contribution in [0.25, 0.3) is 11.1 Å². The standard InChI is InChI=1S/C23H24O3/c1-16-22(24)20(17-8-4-2-5-9-17)21(18-10-6-3-7-11-18)23(16,25)19-12-14-26-15-13-19/h2-11,16,19,25H,12-15H2,1H3. The molecule has 0 amide bonds. The molecule has 0 saturated carbocycles. The molecule has 2 aromatic rings. The van der Waals surface area contributed by atoms with Gasteiger partial charge in [-0.1, -0.05) is 67.6 Å². The summed E-state index contributed by atoms with van der Waals surface area (Å²) in [4.78, 5) is 13.3. The van der Waals surface area contributed by atoms with E-state index in [1.165, 1.54) is 0 Å². The molecule has 3 nitrogen and oxygen atoms in total. The number of rotatable bonds is 3. The lowest BCUT2D eigenvalue weighted by atomic mass is 9.71. The molecular weight excluding hydrogens is 324 g/mol. The fourth-order valence-corrected chi connectivity index (χ4v) is 4.52. The third-order valence-corrected chi connectivity index (χ3v) is 5.92. The van der Waals surface area contributed by atoms with E-state index in [1.54, 1.807) is 0 Å². The zero-order valence-electron chi connectivity index (χ0n) is 15.0. The molecule has 2 unspecified atom stereocenters. The van der Waals surface area contributed by atoms with Gasteiger partial charge in [0.1, 0.15) is 5.60 Å². The maximum absolute atomic E-state index is 13.3. The van der Waals surface area contributed by atoms with Crippen molar-refractivity contribution in [1.82, 2.24) is 0 Å². The molecule has 2 aliphatic rings. The van der Waals surface area contributed by atoms with Crippen molar-refractivity contribution in [3.8, 4) is 0 Å². The number of aliphatic hydroxyl groups is 1. The van der Waals surface area contributed by atoms with Crippen LogP contribution in [0.1, 0.15) is 30.9 Å². The Balaban J connectivity index is 1.96. The fourth-order valence-electron chi connectivity index (χ4n) is 4.52. The highest BCUT2D eigenvalue weighted by molar-refractivity contribution is 6.33. The van der Waals surface area contributed by atoms with Crippen molar-refractivity contribution in [2.45, 2.75) is 25.4 Å². The second kappa shape index (κ2) is 6.82. The van der Waals surface area contributed by atoms with Crippen molar-refractivity contribution in [3.05, 3.63) is 71.8 Å². The largest absolute Gasteiger partial charge is 0.384 e. The van der Waals surface area contributed by atoms with Crippen LogP contribution in [0.2, 0.25) is 0 Å². The molecule has 1 aliphatic carbocycles. The highest BCUT2D eigenvalue weighted by Gasteiger charge is 2.55. The summed E-state index contributed by atoms with van der Waals surface area (Å²) < 4.78 is 5.51. The van der Waals surface area contributed by atoms with Crippen molar-refractivity contribution >= 4 is 16.9 Å². The molecule has 4 rings (SSSR count). The normalized spacial score (nSPS) is 27.2. The van der Waals surface area contributed by atoms with Gasteiger partial charge in [-0.3, -0.25) is 4.79 Å². The van der Waals surface area contributed by atoms with E-state index < -0.39 is 11.5 Å². The van der Waals surface area contributed by atoms with E-state index in [-0.39, 0.29) is 11.7 Å². The molecule has 0 radical (unpaired) electrons. The number of hydrogen-bond donors (Lipinski definition) is 1. The molecule has 1 saturated heterocycles. The first-order valence-corrected chi connectivity index (χ1v) is 9.34. The maximum atomic E-state index is 13.3. The van der Waals surface area contributed by atoms with E-state index in [9.17, 15) is 9.90 Å². The molecule has 1 heterocycles. The lowest BCUT2D eigenvalue weighted by Gasteiger charge is -2.40. The van der Waals surface area contributed by atoms with E-state index in [0.29, 0.717) is 18.8 Å². The molecular formula is C23H24O3. The molecule has 2 aromatic carbocycles. The third kappa shape index (κ3) is 2.63. The van der Waals surface area contributed by atoms with Crippen molar-refractivity contribution in [2.75, 3.05) is 13.2 Å². The minimum Gasteiger partial charge on any atom is -0.384 e. The van der Waals surface area contributed by atoms with E-state index in [0.717, 1.165) is 29.5 Å². The summed E-state index contributed by atoms with van der Waals surface area (Å²) >= 11 is 0. The van der Waals surface area contributed by atoms with Gasteiger partial charge in [-0.15, -0.1) is 0 Å². The average Bonchev–Trinajstić information content (AvgIpc) is 2.92. The third-order valence-electron chi connectivity index (χ3n) is 5.92. The van der Waals surface area contributed by atoms with Gasteiger partial charge in [0.05, 0.1) is 5.92 Å². The first kappa shape index (κ1) is 17.2. The average molecular weight is 348 g/mol. The van der Waals surface area contributed by atoms with E-state index in [1.807, 2.05) is 67.6 Å². The Hall–Kier alpha value is -2.23. The Labute approximate surface area is 154 Å². The quantitative estimate of drug-likeness (QED) is 0.913. The minimum absolute atomic E-state index is 0.0200. The van der Waals surface area contributed by atoms with Crippen LogP contribution in [-0.4, -0.2) is 29.7 Å². The predicted molar refractivity (Wildman–Crippen MR) is 102 cm³/mol. The zero-order valence-corrected chi connectivity index (χ0v) is 15.0. The summed E-state index contributed by atoms with van der Waals surface area (Å²) in [5, 5.41) is 12.0. The summed E-state index contributed by atoms with van der Waals surface area (Å²) in [6, 6.07) is 19.6. The Morgan fingerprint density at radius 1 is 0.923 bits per heavy atom. The lowest BCUT2D eigenvalue weighted by molar-refractivity contribution is -0.125. The highest BCUT2D eigenvalue weighted by Crippen LogP contribution is 2.53. The highest BCUT2D eigenvalue weighted by atomic mass is 16.5. The molecule has 1 fully saturated rings. The summed E-state index contributed by atoms with van der Waals surface area (Å²) in [6.07, 6.45) is 1.54. The number of ether oxygens (including phenoxy) is 1. The van der Waals surface area contributed by atoms with Crippen molar-refractivity contribution in [1.29, 1.82) is 0 Å². The molecule has 0 aromatic heterocycles. The van der Waals surface area contributed by atoms with Gasteiger partial charge in [0.25, 0.3) is 0 Å². The van der Waals surface area contributed by atoms with Crippen LogP contribution in [0.15, 0.2) is 60.7 Å². The van der Waals surface area contributed by atoms with Crippen LogP contribution in [0.3, 0.4) is 0 Å². The van der Waals surface area contributed by atoms with Gasteiger partial charge in [0, 0.05) is 24.4 Å². The Bertz CT molecular complexity index is 819. The summed E-state index contributed by atoms with van der Waals surface area (Å²) in [7, 11) is 0. The molecule has 26 heavy (non-hydrogen) atoms. The van der Waals surface area contributed by atoms with E-state index >= 15 is 0 Å². The van der Waals surface area contributed by atoms with Gasteiger partial charge in [-0.05, 0) is 29.9 Å². The molecule has 2 atom stereocenters. The molecule has 134 valence electrons. The summed E-state index contributed by atoms with van der Waals surface area (Å²) in [5.41, 5.74) is 2.10. The lowest BCUT2D eigenvalue weighted by Crippen LogP contribution is -2.46. The number of benzene rings is 2. The smallest absolute Gasteiger partial charge is 0.169 e. The SMILES string of the molecule is CC1C(=O)C(c2ccccc2)=C(c2ccccc2)C1(O)C1CCOCC1. The zero-order chi connectivity index (χ0) is 18.1. The molecule has 1 N–H and O–H groups in total. The monoisotopic (exact) mass is 348 g/mol. The van der Waals surface area contributed by atoms with E-state index in [2.05, 4.69) is 0 Å². The van der Waals surface area contributed by atoms with Crippen LogP contribution in [0, 0.1) is 11.8 Å². The first-order chi connectivity index (χ1) is 12.6. The Morgan fingerprint density at radius 3 is 2.04 bits per heavy atom. The first-order valence-electron chi connectivity index (χ1n) is 9.34. The van der Waals surface area contributed by atoms with Gasteiger partial charge in [-0.2, -0.15) is 0 Å². The number of Topliss-reactive ketones (excluding diaryl/α,β-unsaturated/α-hetero) is 1. The van der Waals surface area contributed by atoms with Crippen molar-refractivity contribution in [2.24, 2.45) is 11.8 Å². The predicted octanol–water partition coefficient (Wildman–Crippen LogP) is 3.97. The molecule has 3 heteroatoms. The van der Waals surface area contributed by atoms with Gasteiger partial charge < -0.3 is 9.84 Å². The van der Waals surface area contributed by atoms with Crippen LogP contribution < -0.4 is 0 Å². The number of hydrogen-bond acceptors (Lipinski definition) is 3. The number of allylic oxidation sites excluding steroid dienone is 1. The van der Waals surface area contributed by atoms with E-state index in [4.69, 9.17) is 4.74 Å². The second-order valence-corrected chi connectivity index (χ2v) is 7.28. The number of carbonyl (C=O) groups is 1. The van der Waals surface area contributed by atoms with Crippen molar-refractivity contribution in [3.63, 3.8) is 0 Å². The van der Waals surface area contributed by atoms with Crippen molar-refractivity contribution < 1.29 is 14.6 Å². The van der Waals surface area contributed by atoms with Gasteiger partial charge in [-0.25, -0.2) is 0 Å². The fraction of sp³-hybridized carbons (Fsp3) is 0.348. The van der Waals surface area contributed by atoms with Crippen LogP contribution in [0.5, 0.6) is 0 Å². The Morgan fingerprint density at radius 2 is 1.46 bits per heavy atom. The van der Waals surface area contributed by atoms with Gasteiger partial charge in [0.15, 0.2) is 5.78 Å². The topological polar surface area (TPSA) is 46.5 Å². The summed E-state index contributed by atoms with van der Waals surface area (Å²) in [5.74, 6) is -0.410. The van der Waals surface area contributed by atoms with Gasteiger partial charge in [0.2, 0.25) is 0 Å². The van der Waals surface area contributed by atoms with Crippen LogP contribution >= 0.6 is 0 Å². The van der Waals surface area contributed by atoms with Crippen LogP contribution in [0.4, 0.5) is 0 Å². The Kier molecular flexibility index (Phi) is 4.51. The summed E-state index contributed by atoms with van der Waals surface area (Å²) in [6.45, 7) is 3.14. The minimum atomic E-state index is -1.16. The number of ketones is 1. The van der Waals surface area contributed by atoms with Gasteiger partial charge >= 0.3 is 0 Å². The van der Waals surface area contributed by atoms with Crippen LogP contribution in [-0.2, 0) is 9.53 Å². The second-order valence-electron chi connectivity index (χ2n) is 7.28. The maximum Gasteiger partial charge on any atom is 0.169 e. The molecule has 0 bridgehead atoms. The molecule has 1 aliphatic heterocycles. The number of carbonyl (C=O) groups excluding carboxylic acids is 1.